The van der Waals surface area contributed by atoms with Crippen LogP contribution in [-0.4, -0.2) is 144 Å². The highest BCUT2D eigenvalue weighted by atomic mass is 128. The predicted molar refractivity (Wildman–Crippen MR) is 227 cm³/mol. The number of hydrogen-bond acceptors (Lipinski definition) is 18. The average Bonchev–Trinajstić information content (AvgIpc) is 3.20. The molecule has 62 heavy (non-hydrogen) atoms. The summed E-state index contributed by atoms with van der Waals surface area (Å²) in [6.07, 6.45) is -9.06. The molecule has 350 valence electrons. The summed E-state index contributed by atoms with van der Waals surface area (Å²) < 4.78 is 30.4. The molecule has 0 aromatic rings. The zero-order valence-corrected chi connectivity index (χ0v) is 40.3. The van der Waals surface area contributed by atoms with Gasteiger partial charge in [0.2, 0.25) is 0 Å². The Morgan fingerprint density at radius 3 is 0.452 bits per heavy atom. The number of amides is 6. The summed E-state index contributed by atoms with van der Waals surface area (Å²) in [6, 6.07) is -8.28. The summed E-state index contributed by atoms with van der Waals surface area (Å²) in [5.74, 6) is -12.4. The number of halogens is 2. The minimum Gasteiger partial charge on any atom is -0.451 e. The molecule has 0 unspecified atom stereocenters. The zero-order chi connectivity index (χ0) is 48.3. The Labute approximate surface area is 380 Å². The summed E-state index contributed by atoms with van der Waals surface area (Å²) in [7, 11) is 0. The maximum atomic E-state index is 12.7. The van der Waals surface area contributed by atoms with Crippen molar-refractivity contribution in [2.24, 2.45) is 0 Å². The van der Waals surface area contributed by atoms with Crippen molar-refractivity contribution in [2.75, 3.05) is 0 Å². The third-order valence-electron chi connectivity index (χ3n) is 8.25. The highest BCUT2D eigenvalue weighted by molar-refractivity contribution is 15.0. The van der Waals surface area contributed by atoms with E-state index in [1.54, 1.807) is 0 Å². The highest BCUT2D eigenvalue weighted by Gasteiger charge is 2.33. The van der Waals surface area contributed by atoms with Gasteiger partial charge in [-0.05, 0) is 83.1 Å². The molecule has 1 heterocycles. The summed E-state index contributed by atoms with van der Waals surface area (Å²) in [6.45, 7) is 14.2. The topological polar surface area (TPSA) is 332 Å². The molecule has 1 fully saturated rings. The van der Waals surface area contributed by atoms with Gasteiger partial charge >= 0.3 is 35.8 Å². The second-order valence-corrected chi connectivity index (χ2v) is 13.9. The summed E-state index contributed by atoms with van der Waals surface area (Å²) >= 11 is 4.24. The number of cyclic esters (lactones) is 6. The quantitative estimate of drug-likeness (QED) is 0.0903. The first-order valence-corrected chi connectivity index (χ1v) is 25.1. The van der Waals surface area contributed by atoms with Gasteiger partial charge in [0.25, 0.3) is 35.4 Å². The Hall–Kier alpha value is -4.90. The second-order valence-electron chi connectivity index (χ2n) is 13.9. The largest absolute Gasteiger partial charge is 0.451 e. The average molecular weight is 1110 g/mol. The SMILES string of the molecule is C[C@@H]1NC(=O)[C@H](C)OC(=O)[C@@H](C)NC(=O)[C@@H](C)OC(=O)[C@H](C)NC(=O)[C@H](C)OC(=O)[C@@H](C)NC(=O)[C@@H](C)OC(=O)[C@H](C)NC(=O)[C@H](C)OC(=O)[C@@H](C)NC(=O)[C@@H](C)OC1=O.II. The van der Waals surface area contributed by atoms with E-state index in [9.17, 15) is 57.5 Å². The van der Waals surface area contributed by atoms with Gasteiger partial charge in [-0.15, -0.1) is 0 Å². The summed E-state index contributed by atoms with van der Waals surface area (Å²) in [4.78, 5) is 152. The van der Waals surface area contributed by atoms with Crippen LogP contribution in [0.15, 0.2) is 0 Å². The Morgan fingerprint density at radius 2 is 0.355 bits per heavy atom. The minimum atomic E-state index is -1.51. The molecule has 24 nitrogen and oxygen atoms in total. The van der Waals surface area contributed by atoms with Crippen molar-refractivity contribution in [1.29, 1.82) is 0 Å². The van der Waals surface area contributed by atoms with E-state index >= 15 is 0 Å². The first-order valence-electron chi connectivity index (χ1n) is 18.9. The zero-order valence-electron chi connectivity index (χ0n) is 36.0. The van der Waals surface area contributed by atoms with Crippen molar-refractivity contribution in [1.82, 2.24) is 31.9 Å². The third-order valence-corrected chi connectivity index (χ3v) is 8.25. The van der Waals surface area contributed by atoms with Gasteiger partial charge in [0.05, 0.1) is 0 Å². The van der Waals surface area contributed by atoms with Gasteiger partial charge < -0.3 is 60.3 Å². The molecule has 1 saturated heterocycles. The van der Waals surface area contributed by atoms with Crippen molar-refractivity contribution >= 4 is 108 Å². The monoisotopic (exact) mass is 1110 g/mol. The maximum Gasteiger partial charge on any atom is 0.329 e. The molecule has 6 N–H and O–H groups in total. The van der Waals surface area contributed by atoms with Crippen molar-refractivity contribution in [3.05, 3.63) is 0 Å². The van der Waals surface area contributed by atoms with E-state index in [4.69, 9.17) is 28.4 Å². The van der Waals surface area contributed by atoms with Crippen molar-refractivity contribution in [2.45, 2.75) is 156 Å². The smallest absolute Gasteiger partial charge is 0.329 e. The fourth-order valence-electron chi connectivity index (χ4n) is 4.32. The Balaban J connectivity index is 0.0000183. The molecular formula is C36H54I2N6O18. The molecule has 26 heteroatoms. The van der Waals surface area contributed by atoms with Crippen molar-refractivity contribution in [3.8, 4) is 0 Å². The van der Waals surface area contributed by atoms with Crippen LogP contribution in [0.5, 0.6) is 0 Å². The number of carbonyl (C=O) groups is 12. The summed E-state index contributed by atoms with van der Waals surface area (Å²) in [5, 5.41) is 13.4. The van der Waals surface area contributed by atoms with Crippen LogP contribution in [-0.2, 0) is 86.0 Å². The number of rotatable bonds is 0. The van der Waals surface area contributed by atoms with Crippen molar-refractivity contribution < 1.29 is 86.0 Å². The van der Waals surface area contributed by atoms with Gasteiger partial charge in [-0.2, -0.15) is 0 Å². The molecule has 0 aromatic carbocycles. The lowest BCUT2D eigenvalue weighted by Crippen LogP contribution is -2.51. The van der Waals surface area contributed by atoms with E-state index < -0.39 is 144 Å². The Morgan fingerprint density at radius 1 is 0.258 bits per heavy atom. The van der Waals surface area contributed by atoms with E-state index in [0.717, 1.165) is 41.5 Å². The van der Waals surface area contributed by atoms with Crippen LogP contribution >= 0.6 is 37.2 Å². The second kappa shape index (κ2) is 27.2. The number of nitrogens with one attached hydrogen (secondary N) is 6. The number of carbonyl (C=O) groups excluding carboxylic acids is 12. The van der Waals surface area contributed by atoms with E-state index in [0.29, 0.717) is 0 Å². The Bertz CT molecular complexity index is 1270. The Kier molecular flexibility index (Phi) is 25.1. The molecule has 1 aliphatic rings. The first-order chi connectivity index (χ1) is 28.7. The number of hydrogen-bond donors (Lipinski definition) is 6. The molecule has 1 rings (SSSR count). The molecule has 12 atom stereocenters. The molecule has 0 spiro atoms. The fraction of sp³-hybridized carbons (Fsp3) is 0.667. The number of esters is 6. The van der Waals surface area contributed by atoms with Gasteiger partial charge in [-0.1, -0.05) is 0 Å². The number of ether oxygens (including phenoxy) is 6. The van der Waals surface area contributed by atoms with Gasteiger partial charge in [-0.25, -0.2) is 28.8 Å². The molecule has 0 bridgehead atoms. The third kappa shape index (κ3) is 19.4. The van der Waals surface area contributed by atoms with E-state index in [1.807, 2.05) is 0 Å². The molecule has 6 amide bonds. The fourth-order valence-corrected chi connectivity index (χ4v) is 4.32. The molecule has 0 saturated carbocycles. The van der Waals surface area contributed by atoms with Crippen LogP contribution < -0.4 is 31.9 Å². The van der Waals surface area contributed by atoms with Crippen molar-refractivity contribution in [3.63, 3.8) is 0 Å². The molecular weight excluding hydrogens is 1060 g/mol. The maximum absolute atomic E-state index is 12.7. The minimum absolute atomic E-state index is 0.967. The van der Waals surface area contributed by atoms with Gasteiger partial charge in [0.15, 0.2) is 36.6 Å². The van der Waals surface area contributed by atoms with Crippen LogP contribution in [0, 0.1) is 0 Å². The molecule has 0 aromatic heterocycles. The van der Waals surface area contributed by atoms with E-state index in [1.165, 1.54) is 41.5 Å². The van der Waals surface area contributed by atoms with Crippen LogP contribution in [0.25, 0.3) is 0 Å². The lowest BCUT2D eigenvalue weighted by atomic mass is 10.2. The molecule has 0 aliphatic carbocycles. The van der Waals surface area contributed by atoms with Gasteiger partial charge in [0, 0.05) is 37.2 Å². The normalized spacial score (nSPS) is 32.0. The first kappa shape index (κ1) is 57.1. The lowest BCUT2D eigenvalue weighted by molar-refractivity contribution is -0.163. The van der Waals surface area contributed by atoms with Crippen LogP contribution in [0.3, 0.4) is 0 Å². The lowest BCUT2D eigenvalue weighted by Gasteiger charge is -2.23. The van der Waals surface area contributed by atoms with E-state index in [-0.39, 0.29) is 0 Å². The van der Waals surface area contributed by atoms with E-state index in [2.05, 4.69) is 69.1 Å². The summed E-state index contributed by atoms with van der Waals surface area (Å²) in [5.41, 5.74) is 0. The van der Waals surface area contributed by atoms with Crippen LogP contribution in [0.1, 0.15) is 83.1 Å². The van der Waals surface area contributed by atoms with Crippen LogP contribution in [0.2, 0.25) is 0 Å². The van der Waals surface area contributed by atoms with Crippen LogP contribution in [0.4, 0.5) is 0 Å². The van der Waals surface area contributed by atoms with Gasteiger partial charge in [-0.3, -0.25) is 28.8 Å². The van der Waals surface area contributed by atoms with Gasteiger partial charge in [0.1, 0.15) is 36.3 Å². The predicted octanol–water partition coefficient (Wildman–Crippen LogP) is -1.61. The molecule has 1 aliphatic heterocycles. The highest BCUT2D eigenvalue weighted by Crippen LogP contribution is 2.06. The molecule has 0 radical (unpaired) electrons. The standard InChI is InChI=1S/C36H54N6O18.I2/c1-13-31(49)55-20(8)26(44)38-15(3)33(51)57-22(10)28(46)40-17(5)35(53)59-24(12)30(48)42-18(6)36(54)60-23(11)29(47)41-16(4)34(52)58-21(9)27(45)39-14(2)32(50)56-19(7)25(43)37-13;1-2/h13-24H,1-12H3,(H,37,43)(H,38,44)(H,39,45)(H,40,46)(H,41,47)(H,42,48);/t13-,14+,15+,16-,17-,18+,19-,20+,21+,22-,23-,24+;.